The molecular formula is C23H38O3S. The van der Waals surface area contributed by atoms with Crippen molar-refractivity contribution in [2.75, 3.05) is 12.0 Å². The average Bonchev–Trinajstić information content (AvgIpc) is 2.92. The molecule has 0 amide bonds. The number of ketones is 1. The number of carbonyl (C=O) groups is 1. The molecular weight excluding hydrogens is 356 g/mol. The first-order valence-electron chi connectivity index (χ1n) is 11.1. The summed E-state index contributed by atoms with van der Waals surface area (Å²) in [5.74, 6) is 3.47. The van der Waals surface area contributed by atoms with Crippen molar-refractivity contribution < 1.29 is 14.1 Å². The summed E-state index contributed by atoms with van der Waals surface area (Å²) in [4.78, 5) is 12.8. The van der Waals surface area contributed by atoms with Crippen LogP contribution in [0.15, 0.2) is 0 Å². The molecule has 0 bridgehead atoms. The van der Waals surface area contributed by atoms with Crippen LogP contribution in [0.3, 0.4) is 0 Å². The minimum absolute atomic E-state index is 0.126. The van der Waals surface area contributed by atoms with E-state index in [1.54, 1.807) is 6.26 Å². The van der Waals surface area contributed by atoms with Crippen LogP contribution >= 0.6 is 0 Å². The minimum atomic E-state index is -1.02. The average molecular weight is 395 g/mol. The Bertz CT molecular complexity index is 644. The summed E-state index contributed by atoms with van der Waals surface area (Å²) in [5, 5.41) is 10.6. The SMILES string of the molecule is CS(=O)CC(=O)[C@H]1CC[C@H]2[C@@H]3CC[C@H]4C[C@](C)(O)CC[C@]4(C)[C@H]3CC[C@]12C. The number of aliphatic hydroxyl groups is 1. The van der Waals surface area contributed by atoms with E-state index >= 15 is 0 Å². The number of Topliss-reactive ketones (excluding diaryl/α,β-unsaturated/α-hetero) is 1. The largest absolute Gasteiger partial charge is 0.390 e. The van der Waals surface area contributed by atoms with Crippen LogP contribution in [0.2, 0.25) is 0 Å². The van der Waals surface area contributed by atoms with Gasteiger partial charge in [0, 0.05) is 23.0 Å². The molecule has 4 fully saturated rings. The maximum atomic E-state index is 12.8. The molecule has 0 spiro atoms. The van der Waals surface area contributed by atoms with Crippen LogP contribution in [0.4, 0.5) is 0 Å². The standard InChI is InChI=1S/C23H38O3S/c1-21(25)11-12-22(2)15(13-21)5-6-16-17-7-8-19(20(24)14-27(4)26)23(17,3)10-9-18(16)22/h15-19,25H,5-14H2,1-4H3/t15-,16-,17-,18-,19+,21+,22-,23-,27?/m0/s1. The monoisotopic (exact) mass is 394 g/mol. The molecule has 0 aromatic carbocycles. The van der Waals surface area contributed by atoms with Gasteiger partial charge in [0.05, 0.1) is 11.4 Å². The van der Waals surface area contributed by atoms with Crippen molar-refractivity contribution in [1.29, 1.82) is 0 Å². The van der Waals surface area contributed by atoms with Gasteiger partial charge in [-0.3, -0.25) is 9.00 Å². The van der Waals surface area contributed by atoms with Gasteiger partial charge in [-0.05, 0) is 99.2 Å². The topological polar surface area (TPSA) is 54.4 Å². The first-order chi connectivity index (χ1) is 12.6. The van der Waals surface area contributed by atoms with Crippen LogP contribution in [0.1, 0.15) is 78.6 Å². The molecule has 4 aliphatic rings. The lowest BCUT2D eigenvalue weighted by Crippen LogP contribution is -2.55. The van der Waals surface area contributed by atoms with Crippen LogP contribution in [0.5, 0.6) is 0 Å². The van der Waals surface area contributed by atoms with Crippen LogP contribution in [-0.2, 0) is 15.6 Å². The summed E-state index contributed by atoms with van der Waals surface area (Å²) in [6.07, 6.45) is 11.8. The van der Waals surface area contributed by atoms with Crippen LogP contribution in [0, 0.1) is 40.4 Å². The van der Waals surface area contributed by atoms with Crippen LogP contribution < -0.4 is 0 Å². The van der Waals surface area contributed by atoms with E-state index in [0.29, 0.717) is 17.3 Å². The zero-order valence-electron chi connectivity index (χ0n) is 17.6. The number of hydrogen-bond donors (Lipinski definition) is 1. The Morgan fingerprint density at radius 2 is 1.67 bits per heavy atom. The summed E-state index contributed by atoms with van der Waals surface area (Å²) >= 11 is 0. The highest BCUT2D eigenvalue weighted by Gasteiger charge is 2.61. The normalized spacial score (nSPS) is 53.1. The van der Waals surface area contributed by atoms with E-state index in [0.717, 1.165) is 43.9 Å². The van der Waals surface area contributed by atoms with Gasteiger partial charge in [0.15, 0.2) is 0 Å². The number of hydrogen-bond acceptors (Lipinski definition) is 3. The molecule has 4 saturated carbocycles. The van der Waals surface area contributed by atoms with Crippen LogP contribution in [0.25, 0.3) is 0 Å². The van der Waals surface area contributed by atoms with E-state index in [1.165, 1.54) is 25.7 Å². The van der Waals surface area contributed by atoms with Gasteiger partial charge in [0.2, 0.25) is 0 Å². The van der Waals surface area contributed by atoms with Gasteiger partial charge in [-0.1, -0.05) is 13.8 Å². The van der Waals surface area contributed by atoms with Gasteiger partial charge >= 0.3 is 0 Å². The lowest BCUT2D eigenvalue weighted by Gasteiger charge is -2.61. The lowest BCUT2D eigenvalue weighted by atomic mass is 9.44. The summed E-state index contributed by atoms with van der Waals surface area (Å²) < 4.78 is 11.6. The van der Waals surface area contributed by atoms with E-state index in [1.807, 2.05) is 6.92 Å². The number of rotatable bonds is 3. The van der Waals surface area contributed by atoms with E-state index in [-0.39, 0.29) is 22.9 Å². The molecule has 27 heavy (non-hydrogen) atoms. The molecule has 1 unspecified atom stereocenters. The second-order valence-corrected chi connectivity index (χ2v) is 12.7. The molecule has 4 heteroatoms. The predicted molar refractivity (Wildman–Crippen MR) is 110 cm³/mol. The first kappa shape index (κ1) is 20.1. The van der Waals surface area contributed by atoms with Crippen molar-refractivity contribution in [3.63, 3.8) is 0 Å². The van der Waals surface area contributed by atoms with Crippen molar-refractivity contribution in [2.45, 2.75) is 84.2 Å². The van der Waals surface area contributed by atoms with Crippen molar-refractivity contribution in [1.82, 2.24) is 0 Å². The van der Waals surface area contributed by atoms with Crippen molar-refractivity contribution in [3.05, 3.63) is 0 Å². The number of fused-ring (bicyclic) bond motifs is 5. The Morgan fingerprint density at radius 1 is 0.963 bits per heavy atom. The fourth-order valence-corrected chi connectivity index (χ4v) is 8.86. The zero-order chi connectivity index (χ0) is 19.6. The Morgan fingerprint density at radius 3 is 2.37 bits per heavy atom. The Balaban J connectivity index is 1.56. The smallest absolute Gasteiger partial charge is 0.148 e. The van der Waals surface area contributed by atoms with Crippen LogP contribution in [-0.4, -0.2) is 32.7 Å². The van der Waals surface area contributed by atoms with E-state index in [2.05, 4.69) is 13.8 Å². The van der Waals surface area contributed by atoms with Crippen molar-refractivity contribution >= 4 is 16.6 Å². The molecule has 0 heterocycles. The summed E-state index contributed by atoms with van der Waals surface area (Å²) in [7, 11) is -1.02. The van der Waals surface area contributed by atoms with Gasteiger partial charge < -0.3 is 5.11 Å². The van der Waals surface area contributed by atoms with Gasteiger partial charge in [-0.25, -0.2) is 0 Å². The molecule has 0 aliphatic heterocycles. The minimum Gasteiger partial charge on any atom is -0.390 e. The third-order valence-corrected chi connectivity index (χ3v) is 10.4. The lowest BCUT2D eigenvalue weighted by molar-refractivity contribution is -0.150. The molecule has 0 aromatic rings. The van der Waals surface area contributed by atoms with E-state index in [9.17, 15) is 14.1 Å². The quantitative estimate of drug-likeness (QED) is 0.774. The molecule has 4 rings (SSSR count). The summed E-state index contributed by atoms with van der Waals surface area (Å²) in [5.41, 5.74) is 0.0291. The second kappa shape index (κ2) is 6.65. The maximum Gasteiger partial charge on any atom is 0.148 e. The Labute approximate surface area is 167 Å². The van der Waals surface area contributed by atoms with Gasteiger partial charge in [0.25, 0.3) is 0 Å². The second-order valence-electron chi connectivity index (χ2n) is 11.2. The third-order valence-electron chi connectivity index (χ3n) is 9.69. The molecule has 3 nitrogen and oxygen atoms in total. The summed E-state index contributed by atoms with van der Waals surface area (Å²) in [6.45, 7) is 6.92. The van der Waals surface area contributed by atoms with Crippen molar-refractivity contribution in [3.8, 4) is 0 Å². The molecule has 4 aliphatic carbocycles. The first-order valence-corrected chi connectivity index (χ1v) is 12.8. The highest BCUT2D eigenvalue weighted by atomic mass is 32.2. The van der Waals surface area contributed by atoms with Crippen molar-refractivity contribution in [2.24, 2.45) is 40.4 Å². The zero-order valence-corrected chi connectivity index (χ0v) is 18.4. The van der Waals surface area contributed by atoms with Gasteiger partial charge in [0.1, 0.15) is 5.78 Å². The molecule has 0 saturated heterocycles. The molecule has 154 valence electrons. The molecule has 1 N–H and O–H groups in total. The van der Waals surface area contributed by atoms with E-state index < -0.39 is 16.4 Å². The third kappa shape index (κ3) is 3.17. The highest BCUT2D eigenvalue weighted by molar-refractivity contribution is 7.85. The van der Waals surface area contributed by atoms with E-state index in [4.69, 9.17) is 0 Å². The Hall–Kier alpha value is -0.220. The maximum absolute atomic E-state index is 12.8. The highest BCUT2D eigenvalue weighted by Crippen LogP contribution is 2.68. The Kier molecular flexibility index (Phi) is 4.94. The fraction of sp³-hybridized carbons (Fsp3) is 0.957. The predicted octanol–water partition coefficient (Wildman–Crippen LogP) is 4.34. The number of carbonyl (C=O) groups excluding carboxylic acids is 1. The molecule has 0 aromatic heterocycles. The summed E-state index contributed by atoms with van der Waals surface area (Å²) in [6, 6.07) is 0. The van der Waals surface area contributed by atoms with Gasteiger partial charge in [-0.15, -0.1) is 0 Å². The fourth-order valence-electron chi connectivity index (χ4n) is 8.26. The molecule has 9 atom stereocenters. The molecule has 0 radical (unpaired) electrons. The van der Waals surface area contributed by atoms with Gasteiger partial charge in [-0.2, -0.15) is 0 Å².